The highest BCUT2D eigenvalue weighted by molar-refractivity contribution is 5.79. The van der Waals surface area contributed by atoms with Gasteiger partial charge in [0.15, 0.2) is 5.69 Å². The van der Waals surface area contributed by atoms with Gasteiger partial charge in [-0.2, -0.15) is 4.98 Å². The molecule has 0 aliphatic carbocycles. The smallest absolute Gasteiger partial charge is 0.280 e. The quantitative estimate of drug-likeness (QED) is 0.495. The fourth-order valence-electron chi connectivity index (χ4n) is 3.66. The first-order chi connectivity index (χ1) is 15.2. The minimum absolute atomic E-state index is 0.0128. The minimum Gasteiger partial charge on any atom is -0.340 e. The normalized spacial score (nSPS) is 16.0. The molecule has 1 fully saturated rings. The summed E-state index contributed by atoms with van der Waals surface area (Å²) < 4.78 is 20.1. The van der Waals surface area contributed by atoms with Gasteiger partial charge >= 0.3 is 0 Å². The van der Waals surface area contributed by atoms with Crippen LogP contribution in [-0.2, 0) is 11.2 Å². The van der Waals surface area contributed by atoms with Gasteiger partial charge in [-0.05, 0) is 24.1 Å². The lowest BCUT2D eigenvalue weighted by atomic mass is 10.1. The summed E-state index contributed by atoms with van der Waals surface area (Å²) in [6.07, 6.45) is 2.79. The lowest BCUT2D eigenvalue weighted by molar-refractivity contribution is -0.129. The zero-order valence-electron chi connectivity index (χ0n) is 16.6. The van der Waals surface area contributed by atoms with E-state index in [-0.39, 0.29) is 24.2 Å². The van der Waals surface area contributed by atoms with Crippen molar-refractivity contribution in [1.29, 1.82) is 0 Å². The molecule has 4 aromatic rings. The maximum absolute atomic E-state index is 13.1. The Morgan fingerprint density at radius 2 is 1.94 bits per heavy atom. The number of likely N-dealkylation sites (tertiary alicyclic amines) is 1. The van der Waals surface area contributed by atoms with Gasteiger partial charge in [-0.3, -0.25) is 4.79 Å². The predicted octanol–water partition coefficient (Wildman–Crippen LogP) is 3.15. The van der Waals surface area contributed by atoms with Crippen LogP contribution in [0.5, 0.6) is 0 Å². The van der Waals surface area contributed by atoms with Crippen LogP contribution in [0, 0.1) is 5.82 Å². The average Bonchev–Trinajstić information content (AvgIpc) is 3.55. The third-order valence-corrected chi connectivity index (χ3v) is 5.35. The second kappa shape index (κ2) is 8.10. The number of rotatable bonds is 5. The number of hydrogen-bond acceptors (Lipinski definition) is 6. The molecule has 2 aromatic heterocycles. The van der Waals surface area contributed by atoms with Gasteiger partial charge < -0.3 is 9.42 Å². The fraction of sp³-hybridized carbons (Fsp3) is 0.227. The number of hydrogen-bond donors (Lipinski definition) is 0. The van der Waals surface area contributed by atoms with Crippen LogP contribution in [0.1, 0.15) is 18.0 Å². The second-order valence-electron chi connectivity index (χ2n) is 7.46. The first-order valence-corrected chi connectivity index (χ1v) is 9.99. The van der Waals surface area contributed by atoms with Crippen molar-refractivity contribution in [1.82, 2.24) is 30.0 Å². The average molecular weight is 418 g/mol. The summed E-state index contributed by atoms with van der Waals surface area (Å²) in [5.41, 5.74) is 2.14. The number of amides is 1. The predicted molar refractivity (Wildman–Crippen MR) is 109 cm³/mol. The molecule has 1 amide bonds. The standard InChI is InChI=1S/C22H19FN6O2/c23-17-8-6-15(7-9-17)12-20(30)28-11-10-18(13-28)29-14-19(25-27-29)22-24-21(26-31-22)16-4-2-1-3-5-16/h1-9,14,18H,10-13H2/t18-/m0/s1. The summed E-state index contributed by atoms with van der Waals surface area (Å²) in [5.74, 6) is 0.492. The molecule has 1 atom stereocenters. The number of carbonyl (C=O) groups excluding carboxylic acids is 1. The zero-order valence-corrected chi connectivity index (χ0v) is 16.6. The van der Waals surface area contributed by atoms with E-state index >= 15 is 0 Å². The Morgan fingerprint density at radius 1 is 1.13 bits per heavy atom. The van der Waals surface area contributed by atoms with Crippen molar-refractivity contribution in [3.63, 3.8) is 0 Å². The zero-order chi connectivity index (χ0) is 21.2. The Bertz CT molecular complexity index is 1190. The van der Waals surface area contributed by atoms with E-state index in [4.69, 9.17) is 4.52 Å². The largest absolute Gasteiger partial charge is 0.340 e. The van der Waals surface area contributed by atoms with Crippen molar-refractivity contribution in [3.05, 3.63) is 72.2 Å². The molecule has 1 aliphatic heterocycles. The second-order valence-corrected chi connectivity index (χ2v) is 7.46. The van der Waals surface area contributed by atoms with E-state index in [1.807, 2.05) is 30.3 Å². The third kappa shape index (κ3) is 4.07. The van der Waals surface area contributed by atoms with Gasteiger partial charge in [0, 0.05) is 18.7 Å². The van der Waals surface area contributed by atoms with Gasteiger partial charge in [-0.15, -0.1) is 5.10 Å². The van der Waals surface area contributed by atoms with Crippen LogP contribution in [0.2, 0.25) is 0 Å². The maximum Gasteiger partial charge on any atom is 0.280 e. The van der Waals surface area contributed by atoms with Gasteiger partial charge in [0.2, 0.25) is 11.7 Å². The van der Waals surface area contributed by atoms with Gasteiger partial charge in [0.25, 0.3) is 5.89 Å². The lowest BCUT2D eigenvalue weighted by Gasteiger charge is -2.16. The molecule has 0 unspecified atom stereocenters. The first kappa shape index (κ1) is 19.1. The molecule has 0 spiro atoms. The van der Waals surface area contributed by atoms with E-state index in [1.54, 1.807) is 27.9 Å². The van der Waals surface area contributed by atoms with Crippen molar-refractivity contribution in [2.75, 3.05) is 13.1 Å². The minimum atomic E-state index is -0.309. The molecule has 3 heterocycles. The van der Waals surface area contributed by atoms with Crippen molar-refractivity contribution < 1.29 is 13.7 Å². The van der Waals surface area contributed by atoms with E-state index in [0.29, 0.717) is 30.5 Å². The van der Waals surface area contributed by atoms with Crippen molar-refractivity contribution >= 4 is 5.91 Å². The first-order valence-electron chi connectivity index (χ1n) is 9.99. The Labute approximate surface area is 177 Å². The molecule has 0 radical (unpaired) electrons. The SMILES string of the molecule is O=C(Cc1ccc(F)cc1)N1CC[C@H](n2cc(-c3nc(-c4ccccc4)no3)nn2)C1. The summed E-state index contributed by atoms with van der Waals surface area (Å²) in [4.78, 5) is 18.8. The van der Waals surface area contributed by atoms with E-state index in [9.17, 15) is 9.18 Å². The molecule has 1 aliphatic rings. The molecular formula is C22H19FN6O2. The number of aromatic nitrogens is 5. The molecule has 9 heteroatoms. The fourth-order valence-corrected chi connectivity index (χ4v) is 3.66. The third-order valence-electron chi connectivity index (χ3n) is 5.35. The molecule has 0 saturated carbocycles. The van der Waals surface area contributed by atoms with Crippen molar-refractivity contribution in [3.8, 4) is 23.0 Å². The van der Waals surface area contributed by atoms with E-state index in [1.165, 1.54) is 12.1 Å². The molecular weight excluding hydrogens is 399 g/mol. The monoisotopic (exact) mass is 418 g/mol. The number of halogens is 1. The summed E-state index contributed by atoms with van der Waals surface area (Å²) in [7, 11) is 0. The Balaban J connectivity index is 1.24. The molecule has 2 aromatic carbocycles. The van der Waals surface area contributed by atoms with Crippen LogP contribution in [0.25, 0.3) is 23.0 Å². The number of benzene rings is 2. The van der Waals surface area contributed by atoms with E-state index < -0.39 is 0 Å². The molecule has 156 valence electrons. The van der Waals surface area contributed by atoms with Gasteiger partial charge in [0.1, 0.15) is 5.82 Å². The van der Waals surface area contributed by atoms with Crippen LogP contribution < -0.4 is 0 Å². The summed E-state index contributed by atoms with van der Waals surface area (Å²) in [5, 5.41) is 12.4. The number of nitrogens with zero attached hydrogens (tertiary/aromatic N) is 6. The summed E-state index contributed by atoms with van der Waals surface area (Å²) in [6.45, 7) is 1.18. The van der Waals surface area contributed by atoms with Crippen LogP contribution in [0.4, 0.5) is 4.39 Å². The Kier molecular flexibility index (Phi) is 4.99. The highest BCUT2D eigenvalue weighted by Crippen LogP contribution is 2.25. The van der Waals surface area contributed by atoms with E-state index in [0.717, 1.165) is 17.5 Å². The molecule has 0 bridgehead atoms. The number of carbonyl (C=O) groups is 1. The van der Waals surface area contributed by atoms with Gasteiger partial charge in [-0.25, -0.2) is 9.07 Å². The molecule has 31 heavy (non-hydrogen) atoms. The topological polar surface area (TPSA) is 89.9 Å². The van der Waals surface area contributed by atoms with Crippen LogP contribution in [0.3, 0.4) is 0 Å². The molecule has 0 N–H and O–H groups in total. The maximum atomic E-state index is 13.1. The van der Waals surface area contributed by atoms with Gasteiger partial charge in [-0.1, -0.05) is 52.8 Å². The molecule has 8 nitrogen and oxygen atoms in total. The molecule has 1 saturated heterocycles. The van der Waals surface area contributed by atoms with Crippen molar-refractivity contribution in [2.45, 2.75) is 18.9 Å². The summed E-state index contributed by atoms with van der Waals surface area (Å²) >= 11 is 0. The lowest BCUT2D eigenvalue weighted by Crippen LogP contribution is -2.30. The van der Waals surface area contributed by atoms with Crippen molar-refractivity contribution in [2.24, 2.45) is 0 Å². The highest BCUT2D eigenvalue weighted by atomic mass is 19.1. The van der Waals surface area contributed by atoms with Gasteiger partial charge in [0.05, 0.1) is 18.7 Å². The molecule has 5 rings (SSSR count). The van der Waals surface area contributed by atoms with E-state index in [2.05, 4.69) is 20.5 Å². The summed E-state index contributed by atoms with van der Waals surface area (Å²) in [6, 6.07) is 15.6. The van der Waals surface area contributed by atoms with Crippen LogP contribution in [-0.4, -0.2) is 49.0 Å². The highest BCUT2D eigenvalue weighted by Gasteiger charge is 2.28. The van der Waals surface area contributed by atoms with Crippen LogP contribution in [0.15, 0.2) is 65.3 Å². The Morgan fingerprint density at radius 3 is 2.74 bits per heavy atom. The Hall–Kier alpha value is -3.88. The van der Waals surface area contributed by atoms with Crippen LogP contribution >= 0.6 is 0 Å².